The molecule has 0 saturated carbocycles. The van der Waals surface area contributed by atoms with Crippen molar-refractivity contribution in [3.05, 3.63) is 221 Å². The molecule has 54 heavy (non-hydrogen) atoms. The third-order valence-corrected chi connectivity index (χ3v) is 11.4. The Bertz CT molecular complexity index is 2620. The maximum atomic E-state index is 4.03. The van der Waals surface area contributed by atoms with Crippen LogP contribution in [0, 0.1) is 13.8 Å². The van der Waals surface area contributed by atoms with Crippen molar-refractivity contribution in [2.75, 3.05) is 10.2 Å². The molecule has 2 heterocycles. The van der Waals surface area contributed by atoms with Gasteiger partial charge >= 0.3 is 0 Å². The average molecular weight is 690 g/mol. The lowest BCUT2D eigenvalue weighted by Crippen LogP contribution is -2.41. The fraction of sp³-hybridized carbons (Fsp3) is 0.0588. The summed E-state index contributed by atoms with van der Waals surface area (Å²) < 4.78 is 0. The molecule has 255 valence electrons. The van der Waals surface area contributed by atoms with Crippen LogP contribution >= 0.6 is 0 Å². The van der Waals surface area contributed by atoms with Crippen LogP contribution in [0.4, 0.5) is 28.4 Å². The van der Waals surface area contributed by atoms with Gasteiger partial charge in [-0.05, 0) is 106 Å². The van der Waals surface area contributed by atoms with Crippen LogP contribution in [0.2, 0.25) is 0 Å². The maximum Gasteiger partial charge on any atom is 0.197 e. The molecule has 0 aliphatic carbocycles. The molecule has 2 aliphatic rings. The summed E-state index contributed by atoms with van der Waals surface area (Å²) in [7, 11) is 2.39. The summed E-state index contributed by atoms with van der Waals surface area (Å²) >= 11 is 0. The summed E-state index contributed by atoms with van der Waals surface area (Å²) in [6.07, 6.45) is 0. The molecule has 0 bridgehead atoms. The lowest BCUT2D eigenvalue weighted by Gasteiger charge is -2.43. The van der Waals surface area contributed by atoms with Crippen molar-refractivity contribution in [3.63, 3.8) is 0 Å². The van der Waals surface area contributed by atoms with E-state index >= 15 is 0 Å². The molecular formula is C51H38BN2. The Morgan fingerprint density at radius 1 is 0.500 bits per heavy atom. The second-order valence-electron chi connectivity index (χ2n) is 14.5. The molecule has 2 aliphatic heterocycles. The molecule has 0 fully saturated rings. The molecular weight excluding hydrogens is 651 g/mol. The molecule has 8 aromatic rings. The van der Waals surface area contributed by atoms with Crippen molar-refractivity contribution in [2.24, 2.45) is 0 Å². The topological polar surface area (TPSA) is 15.3 Å². The van der Waals surface area contributed by atoms with E-state index in [0.717, 1.165) is 17.1 Å². The quantitative estimate of drug-likeness (QED) is 0.181. The first-order valence-corrected chi connectivity index (χ1v) is 18.8. The van der Waals surface area contributed by atoms with E-state index in [9.17, 15) is 0 Å². The van der Waals surface area contributed by atoms with Crippen LogP contribution < -0.4 is 21.1 Å². The number of hydrogen-bond acceptors (Lipinski definition) is 2. The number of benzene rings is 8. The van der Waals surface area contributed by atoms with Gasteiger partial charge in [-0.3, -0.25) is 0 Å². The zero-order valence-corrected chi connectivity index (χ0v) is 30.4. The van der Waals surface area contributed by atoms with E-state index in [1.54, 1.807) is 0 Å². The van der Waals surface area contributed by atoms with Gasteiger partial charge in [-0.1, -0.05) is 157 Å². The first-order valence-electron chi connectivity index (χ1n) is 18.8. The number of nitrogens with zero attached hydrogens (tertiary/aromatic N) is 1. The fourth-order valence-corrected chi connectivity index (χ4v) is 9.15. The summed E-state index contributed by atoms with van der Waals surface area (Å²) in [6.45, 7) is 4.46. The van der Waals surface area contributed by atoms with Crippen molar-refractivity contribution in [1.29, 1.82) is 0 Å². The SMILES string of the molecule is Cc1cccc(C)c1-c1cc(-c2cccc3c2Nc2ccccc2C3(c2ccccc2)c2ccccc2)c2c(c1)N(c1ccccc1)c1ccccc1[B]2. The zero-order valence-electron chi connectivity index (χ0n) is 30.4. The van der Waals surface area contributed by atoms with Crippen LogP contribution in [-0.4, -0.2) is 7.28 Å². The first kappa shape index (κ1) is 32.1. The summed E-state index contributed by atoms with van der Waals surface area (Å²) in [6, 6.07) is 68.8. The number of hydrogen-bond donors (Lipinski definition) is 1. The minimum atomic E-state index is -0.549. The van der Waals surface area contributed by atoms with Crippen molar-refractivity contribution in [2.45, 2.75) is 19.3 Å². The van der Waals surface area contributed by atoms with E-state index in [2.05, 4.69) is 219 Å². The lowest BCUT2D eigenvalue weighted by molar-refractivity contribution is 0.741. The van der Waals surface area contributed by atoms with Crippen molar-refractivity contribution in [1.82, 2.24) is 0 Å². The highest BCUT2D eigenvalue weighted by molar-refractivity contribution is 6.73. The van der Waals surface area contributed by atoms with Crippen molar-refractivity contribution in [3.8, 4) is 22.3 Å². The van der Waals surface area contributed by atoms with Gasteiger partial charge in [0.05, 0.1) is 11.1 Å². The number of anilines is 5. The maximum absolute atomic E-state index is 4.03. The highest BCUT2D eigenvalue weighted by Crippen LogP contribution is 2.55. The lowest BCUT2D eigenvalue weighted by atomic mass is 9.57. The van der Waals surface area contributed by atoms with E-state index in [1.165, 1.54) is 77.9 Å². The van der Waals surface area contributed by atoms with Gasteiger partial charge in [0.2, 0.25) is 0 Å². The molecule has 0 unspecified atom stereocenters. The Balaban J connectivity index is 1.32. The predicted octanol–water partition coefficient (Wildman–Crippen LogP) is 11.5. The van der Waals surface area contributed by atoms with Gasteiger partial charge in [-0.25, -0.2) is 0 Å². The normalized spacial score (nSPS) is 13.4. The fourth-order valence-electron chi connectivity index (χ4n) is 9.15. The second kappa shape index (κ2) is 12.8. The van der Waals surface area contributed by atoms with E-state index in [-0.39, 0.29) is 0 Å². The predicted molar refractivity (Wildman–Crippen MR) is 228 cm³/mol. The van der Waals surface area contributed by atoms with E-state index in [0.29, 0.717) is 0 Å². The summed E-state index contributed by atoms with van der Waals surface area (Å²) in [5, 5.41) is 4.03. The number of nitrogens with one attached hydrogen (secondary N) is 1. The Morgan fingerprint density at radius 2 is 1.09 bits per heavy atom. The molecule has 1 radical (unpaired) electrons. The van der Waals surface area contributed by atoms with Gasteiger partial charge < -0.3 is 10.2 Å². The van der Waals surface area contributed by atoms with Crippen LogP contribution in [-0.2, 0) is 5.41 Å². The van der Waals surface area contributed by atoms with Crippen molar-refractivity contribution >= 4 is 46.6 Å². The van der Waals surface area contributed by atoms with Gasteiger partial charge in [0.25, 0.3) is 0 Å². The third-order valence-electron chi connectivity index (χ3n) is 11.4. The molecule has 8 aromatic carbocycles. The monoisotopic (exact) mass is 689 g/mol. The molecule has 3 heteroatoms. The molecule has 2 nitrogen and oxygen atoms in total. The molecule has 0 aromatic heterocycles. The van der Waals surface area contributed by atoms with Crippen LogP contribution in [0.1, 0.15) is 33.4 Å². The summed E-state index contributed by atoms with van der Waals surface area (Å²) in [5.41, 5.74) is 19.9. The number of rotatable bonds is 5. The van der Waals surface area contributed by atoms with Crippen LogP contribution in [0.3, 0.4) is 0 Å². The Morgan fingerprint density at radius 3 is 1.81 bits per heavy atom. The van der Waals surface area contributed by atoms with Crippen LogP contribution in [0.5, 0.6) is 0 Å². The van der Waals surface area contributed by atoms with Crippen LogP contribution in [0.15, 0.2) is 188 Å². The Kier molecular flexibility index (Phi) is 7.62. The molecule has 10 rings (SSSR count). The average Bonchev–Trinajstić information content (AvgIpc) is 3.22. The standard InChI is InChI=1S/C51H38BN2/c1-34-18-16-19-35(2)48(34)36-32-41(49-47(33-36)54(39-24-10-5-11-25-39)46-31-15-13-29-44(46)52-49)40-26-17-28-43-50(40)53-45-30-14-12-27-42(45)51(43,37-20-6-3-7-21-37)38-22-8-4-9-23-38/h3-33,53H,1-2H3. The van der Waals surface area contributed by atoms with Gasteiger partial charge in [-0.15, -0.1) is 0 Å². The highest BCUT2D eigenvalue weighted by atomic mass is 15.1. The minimum Gasteiger partial charge on any atom is -0.354 e. The molecule has 0 spiro atoms. The highest BCUT2D eigenvalue weighted by Gasteiger charge is 2.45. The van der Waals surface area contributed by atoms with Gasteiger partial charge in [0.1, 0.15) is 0 Å². The smallest absolute Gasteiger partial charge is 0.197 e. The van der Waals surface area contributed by atoms with E-state index in [4.69, 9.17) is 0 Å². The molecule has 0 amide bonds. The summed E-state index contributed by atoms with van der Waals surface area (Å²) in [5.74, 6) is 0. The first-order chi connectivity index (χ1) is 26.6. The van der Waals surface area contributed by atoms with Gasteiger partial charge in [0.15, 0.2) is 7.28 Å². The Hall–Kier alpha value is -6.58. The number of para-hydroxylation sites is 4. The van der Waals surface area contributed by atoms with Crippen LogP contribution in [0.25, 0.3) is 22.3 Å². The minimum absolute atomic E-state index is 0.549. The van der Waals surface area contributed by atoms with E-state index in [1.807, 2.05) is 0 Å². The number of fused-ring (bicyclic) bond motifs is 4. The second-order valence-corrected chi connectivity index (χ2v) is 14.5. The molecule has 0 saturated heterocycles. The van der Waals surface area contributed by atoms with Gasteiger partial charge in [0, 0.05) is 28.3 Å². The number of aryl methyl sites for hydroxylation is 2. The third kappa shape index (κ3) is 4.89. The molecule has 0 atom stereocenters. The molecule has 1 N–H and O–H groups in total. The van der Waals surface area contributed by atoms with E-state index < -0.39 is 5.41 Å². The van der Waals surface area contributed by atoms with Crippen molar-refractivity contribution < 1.29 is 0 Å². The summed E-state index contributed by atoms with van der Waals surface area (Å²) in [4.78, 5) is 2.45. The zero-order chi connectivity index (χ0) is 36.2. The van der Waals surface area contributed by atoms with Gasteiger partial charge in [-0.2, -0.15) is 0 Å². The Labute approximate surface area is 318 Å². The largest absolute Gasteiger partial charge is 0.354 e.